The van der Waals surface area contributed by atoms with Crippen molar-refractivity contribution in [2.24, 2.45) is 16.6 Å². The molecule has 1 atom stereocenters. The molecule has 0 fully saturated rings. The van der Waals surface area contributed by atoms with Crippen LogP contribution in [0.5, 0.6) is 0 Å². The van der Waals surface area contributed by atoms with Crippen LogP contribution in [-0.2, 0) is 0 Å². The molecule has 1 rings (SSSR count). The number of thioether (sulfide) groups is 1. The Bertz CT molecular complexity index is 217. The molecule has 0 amide bonds. The number of hydrogen-bond acceptors (Lipinski definition) is 3. The summed E-state index contributed by atoms with van der Waals surface area (Å²) in [4.78, 5) is 4.33. The first-order chi connectivity index (χ1) is 6.20. The summed E-state index contributed by atoms with van der Waals surface area (Å²) in [6.45, 7) is 5.14. The Balaban J connectivity index is 2.51. The largest absolute Gasteiger partial charge is 0.387 e. The van der Waals surface area contributed by atoms with Crippen molar-refractivity contribution in [1.82, 2.24) is 0 Å². The van der Waals surface area contributed by atoms with Gasteiger partial charge in [-0.25, -0.2) is 0 Å². The van der Waals surface area contributed by atoms with Crippen LogP contribution in [0.4, 0.5) is 0 Å². The lowest BCUT2D eigenvalue weighted by atomic mass is 10.1. The van der Waals surface area contributed by atoms with E-state index in [0.717, 1.165) is 30.3 Å². The summed E-state index contributed by atoms with van der Waals surface area (Å²) in [7, 11) is 0. The lowest BCUT2D eigenvalue weighted by Gasteiger charge is -2.11. The van der Waals surface area contributed by atoms with E-state index in [1.54, 1.807) is 0 Å². The van der Waals surface area contributed by atoms with Gasteiger partial charge in [-0.2, -0.15) is 11.8 Å². The molecule has 0 aromatic carbocycles. The molecule has 0 radical (unpaired) electrons. The number of hydrogen-bond donors (Lipinski definition) is 1. The molecule has 74 valence electrons. The minimum absolute atomic E-state index is 0.461. The monoisotopic (exact) mass is 198 g/mol. The Morgan fingerprint density at radius 2 is 2.46 bits per heavy atom. The summed E-state index contributed by atoms with van der Waals surface area (Å²) >= 11 is 1.96. The van der Waals surface area contributed by atoms with Gasteiger partial charge in [0.15, 0.2) is 0 Å². The van der Waals surface area contributed by atoms with E-state index in [4.69, 9.17) is 5.73 Å². The molecule has 1 unspecified atom stereocenters. The first-order valence-electron chi connectivity index (χ1n) is 4.71. The van der Waals surface area contributed by atoms with Crippen LogP contribution in [0, 0.1) is 5.92 Å². The molecule has 3 heteroatoms. The van der Waals surface area contributed by atoms with Crippen molar-refractivity contribution in [3.8, 4) is 0 Å². The highest BCUT2D eigenvalue weighted by atomic mass is 32.2. The number of rotatable bonds is 2. The van der Waals surface area contributed by atoms with Crippen LogP contribution in [0.25, 0.3) is 0 Å². The third-order valence-corrected chi connectivity index (χ3v) is 3.19. The molecule has 2 nitrogen and oxygen atoms in total. The van der Waals surface area contributed by atoms with Gasteiger partial charge in [-0.05, 0) is 20.3 Å². The molecule has 1 heterocycles. The Kier molecular flexibility index (Phi) is 4.36. The van der Waals surface area contributed by atoms with Crippen molar-refractivity contribution in [3.05, 3.63) is 11.6 Å². The number of aliphatic imine (C=N–C) groups is 1. The Hall–Kier alpha value is -0.440. The number of nitrogens with two attached hydrogens (primary N) is 1. The van der Waals surface area contributed by atoms with E-state index in [2.05, 4.69) is 24.9 Å². The molecule has 13 heavy (non-hydrogen) atoms. The predicted octanol–water partition coefficient (Wildman–Crippen LogP) is 2.06. The van der Waals surface area contributed by atoms with Gasteiger partial charge in [0.2, 0.25) is 0 Å². The third kappa shape index (κ3) is 3.85. The molecule has 0 aromatic rings. The summed E-state index contributed by atoms with van der Waals surface area (Å²) in [5, 5.41) is 0. The van der Waals surface area contributed by atoms with E-state index in [1.807, 2.05) is 11.8 Å². The maximum absolute atomic E-state index is 5.87. The number of allylic oxidation sites excluding steroid dienone is 2. The SMILES string of the molecule is CC(C)=CCC1CSCCN=C1N. The van der Waals surface area contributed by atoms with Crippen LogP contribution < -0.4 is 5.73 Å². The predicted molar refractivity (Wildman–Crippen MR) is 61.4 cm³/mol. The van der Waals surface area contributed by atoms with Crippen molar-refractivity contribution in [3.63, 3.8) is 0 Å². The second-order valence-electron chi connectivity index (χ2n) is 3.60. The Morgan fingerprint density at radius 1 is 1.69 bits per heavy atom. The van der Waals surface area contributed by atoms with Gasteiger partial charge in [-0.1, -0.05) is 11.6 Å². The van der Waals surface area contributed by atoms with Crippen LogP contribution in [0.15, 0.2) is 16.6 Å². The summed E-state index contributed by atoms with van der Waals surface area (Å²) in [5.41, 5.74) is 7.24. The molecular weight excluding hydrogens is 180 g/mol. The summed E-state index contributed by atoms with van der Waals surface area (Å²) < 4.78 is 0. The maximum Gasteiger partial charge on any atom is 0.0980 e. The smallest absolute Gasteiger partial charge is 0.0980 e. The average molecular weight is 198 g/mol. The number of amidine groups is 1. The highest BCUT2D eigenvalue weighted by molar-refractivity contribution is 7.99. The molecule has 1 aliphatic heterocycles. The fourth-order valence-electron chi connectivity index (χ4n) is 1.25. The van der Waals surface area contributed by atoms with Gasteiger partial charge in [0.1, 0.15) is 0 Å². The van der Waals surface area contributed by atoms with Gasteiger partial charge >= 0.3 is 0 Å². The van der Waals surface area contributed by atoms with Gasteiger partial charge < -0.3 is 5.73 Å². The highest BCUT2D eigenvalue weighted by Crippen LogP contribution is 2.17. The second kappa shape index (κ2) is 5.32. The fraction of sp³-hybridized carbons (Fsp3) is 0.700. The van der Waals surface area contributed by atoms with E-state index >= 15 is 0 Å². The van der Waals surface area contributed by atoms with Crippen LogP contribution in [-0.4, -0.2) is 23.9 Å². The van der Waals surface area contributed by atoms with Crippen LogP contribution >= 0.6 is 11.8 Å². The molecule has 0 aliphatic carbocycles. The molecule has 0 bridgehead atoms. The van der Waals surface area contributed by atoms with Crippen molar-refractivity contribution in [2.45, 2.75) is 20.3 Å². The zero-order valence-corrected chi connectivity index (χ0v) is 9.23. The van der Waals surface area contributed by atoms with E-state index in [9.17, 15) is 0 Å². The Labute approximate surface area is 84.7 Å². The van der Waals surface area contributed by atoms with E-state index in [-0.39, 0.29) is 0 Å². The lowest BCUT2D eigenvalue weighted by Crippen LogP contribution is -2.24. The Morgan fingerprint density at radius 3 is 3.15 bits per heavy atom. The van der Waals surface area contributed by atoms with Crippen LogP contribution in [0.2, 0.25) is 0 Å². The molecule has 0 saturated heterocycles. The van der Waals surface area contributed by atoms with Crippen molar-refractivity contribution < 1.29 is 0 Å². The lowest BCUT2D eigenvalue weighted by molar-refractivity contribution is 0.790. The first-order valence-corrected chi connectivity index (χ1v) is 5.86. The average Bonchev–Trinajstić information content (AvgIpc) is 2.27. The molecule has 0 aromatic heterocycles. The normalized spacial score (nSPS) is 23.2. The fourth-order valence-corrected chi connectivity index (χ4v) is 2.22. The zero-order valence-electron chi connectivity index (χ0n) is 8.42. The van der Waals surface area contributed by atoms with Crippen LogP contribution in [0.1, 0.15) is 20.3 Å². The minimum atomic E-state index is 0.461. The summed E-state index contributed by atoms with van der Waals surface area (Å²) in [5.74, 6) is 3.55. The standard InChI is InChI=1S/C10H18N2S/c1-8(2)3-4-9-7-13-6-5-12-10(9)11/h3,9H,4-7H2,1-2H3,(H2,11,12). The van der Waals surface area contributed by atoms with Crippen molar-refractivity contribution >= 4 is 17.6 Å². The van der Waals surface area contributed by atoms with E-state index < -0.39 is 0 Å². The van der Waals surface area contributed by atoms with E-state index in [0.29, 0.717) is 5.92 Å². The maximum atomic E-state index is 5.87. The van der Waals surface area contributed by atoms with Gasteiger partial charge in [0.25, 0.3) is 0 Å². The molecular formula is C10H18N2S. The van der Waals surface area contributed by atoms with Crippen molar-refractivity contribution in [1.29, 1.82) is 0 Å². The minimum Gasteiger partial charge on any atom is -0.387 e. The van der Waals surface area contributed by atoms with Crippen LogP contribution in [0.3, 0.4) is 0 Å². The number of nitrogens with zero attached hydrogens (tertiary/aromatic N) is 1. The topological polar surface area (TPSA) is 38.4 Å². The molecule has 2 N–H and O–H groups in total. The highest BCUT2D eigenvalue weighted by Gasteiger charge is 2.14. The van der Waals surface area contributed by atoms with Gasteiger partial charge in [-0.15, -0.1) is 0 Å². The van der Waals surface area contributed by atoms with Gasteiger partial charge in [0, 0.05) is 24.0 Å². The van der Waals surface area contributed by atoms with Gasteiger partial charge in [0.05, 0.1) is 5.84 Å². The first kappa shape index (κ1) is 10.6. The third-order valence-electron chi connectivity index (χ3n) is 2.08. The summed E-state index contributed by atoms with van der Waals surface area (Å²) in [6.07, 6.45) is 3.30. The van der Waals surface area contributed by atoms with Gasteiger partial charge in [-0.3, -0.25) is 4.99 Å². The summed E-state index contributed by atoms with van der Waals surface area (Å²) in [6, 6.07) is 0. The molecule has 0 spiro atoms. The zero-order chi connectivity index (χ0) is 9.68. The second-order valence-corrected chi connectivity index (χ2v) is 4.75. The quantitative estimate of drug-likeness (QED) is 0.690. The van der Waals surface area contributed by atoms with Crippen molar-refractivity contribution in [2.75, 3.05) is 18.1 Å². The molecule has 0 saturated carbocycles. The van der Waals surface area contributed by atoms with E-state index in [1.165, 1.54) is 5.57 Å². The molecule has 1 aliphatic rings.